The number of carbonyl (C=O) groups excluding carboxylic acids is 3. The highest BCUT2D eigenvalue weighted by Crippen LogP contribution is 2.14. The molecular formula is C12H27N5O7. The molecule has 1 heterocycles. The van der Waals surface area contributed by atoms with E-state index < -0.39 is 35.3 Å². The van der Waals surface area contributed by atoms with Crippen LogP contribution in [0.3, 0.4) is 0 Å². The minimum absolute atomic E-state index is 0. The molecule has 0 aliphatic carbocycles. The third-order valence-electron chi connectivity index (χ3n) is 2.55. The summed E-state index contributed by atoms with van der Waals surface area (Å²) in [6, 6.07) is -0.548. The van der Waals surface area contributed by atoms with Crippen molar-refractivity contribution < 1.29 is 34.1 Å². The maximum absolute atomic E-state index is 11.6. The Labute approximate surface area is 139 Å². The standard InChI is InChI=1S/C11H19N3O4.CH2O3.2H3N/c1-5-11(7(15)13-8(16)14-11)6-12-9(17)18-10(2,3)4;2-1(3)4;;/h5-6H2,1-4H3,(H,12,17)(H2,13,14,15,16);(H2,2,3,4);2*1H3/t11-;;;/m1.../s1. The van der Waals surface area contributed by atoms with Gasteiger partial charge in [0.05, 0.1) is 6.54 Å². The second-order valence-electron chi connectivity index (χ2n) is 5.48. The Hall–Kier alpha value is -2.60. The molecule has 1 saturated heterocycles. The first-order chi connectivity index (χ1) is 9.92. The van der Waals surface area contributed by atoms with Crippen LogP contribution in [-0.2, 0) is 9.53 Å². The van der Waals surface area contributed by atoms with E-state index in [4.69, 9.17) is 19.7 Å². The number of rotatable bonds is 3. The zero-order chi connectivity index (χ0) is 17.6. The molecule has 4 amide bonds. The van der Waals surface area contributed by atoms with E-state index >= 15 is 0 Å². The molecule has 1 aliphatic heterocycles. The van der Waals surface area contributed by atoms with Crippen molar-refractivity contribution in [2.45, 2.75) is 45.3 Å². The number of hydrogen-bond acceptors (Lipinski definition) is 7. The molecule has 0 spiro atoms. The summed E-state index contributed by atoms with van der Waals surface area (Å²) in [4.78, 5) is 42.8. The number of hydrogen-bond donors (Lipinski definition) is 7. The fraction of sp³-hybridized carbons (Fsp3) is 0.667. The Morgan fingerprint density at radius 2 is 1.67 bits per heavy atom. The summed E-state index contributed by atoms with van der Waals surface area (Å²) in [5, 5.41) is 21.1. The smallest absolute Gasteiger partial charge is 0.450 e. The zero-order valence-electron chi connectivity index (χ0n) is 14.3. The molecule has 0 aromatic heterocycles. The first-order valence-electron chi connectivity index (χ1n) is 6.44. The van der Waals surface area contributed by atoms with E-state index in [1.807, 2.05) is 0 Å². The van der Waals surface area contributed by atoms with Crippen LogP contribution in [0, 0.1) is 0 Å². The normalized spacial score (nSPS) is 18.5. The van der Waals surface area contributed by atoms with Gasteiger partial charge < -0.3 is 37.9 Å². The molecule has 12 nitrogen and oxygen atoms in total. The van der Waals surface area contributed by atoms with Gasteiger partial charge in [-0.05, 0) is 27.2 Å². The number of amides is 4. The average molecular weight is 353 g/mol. The van der Waals surface area contributed by atoms with Crippen molar-refractivity contribution in [3.8, 4) is 0 Å². The number of nitrogens with one attached hydrogen (secondary N) is 3. The zero-order valence-corrected chi connectivity index (χ0v) is 14.3. The Kier molecular flexibility index (Phi) is 11.2. The van der Waals surface area contributed by atoms with Gasteiger partial charge in [0.1, 0.15) is 11.1 Å². The van der Waals surface area contributed by atoms with E-state index in [9.17, 15) is 14.4 Å². The molecule has 1 atom stereocenters. The topological polar surface area (TPSA) is 224 Å². The van der Waals surface area contributed by atoms with E-state index in [2.05, 4.69) is 16.0 Å². The molecule has 142 valence electrons. The Morgan fingerprint density at radius 3 is 1.96 bits per heavy atom. The molecule has 0 aromatic carbocycles. The van der Waals surface area contributed by atoms with Gasteiger partial charge in [-0.2, -0.15) is 0 Å². The van der Waals surface area contributed by atoms with Crippen molar-refractivity contribution in [2.75, 3.05) is 6.54 Å². The molecule has 1 rings (SSSR count). The molecule has 12 heteroatoms. The molecule has 1 fully saturated rings. The fourth-order valence-corrected chi connectivity index (χ4v) is 1.56. The molecule has 11 N–H and O–H groups in total. The van der Waals surface area contributed by atoms with Gasteiger partial charge in [-0.25, -0.2) is 14.4 Å². The molecule has 0 radical (unpaired) electrons. The van der Waals surface area contributed by atoms with E-state index in [-0.39, 0.29) is 18.8 Å². The lowest BCUT2D eigenvalue weighted by Crippen LogP contribution is -2.55. The third kappa shape index (κ3) is 9.42. The van der Waals surface area contributed by atoms with Crippen LogP contribution in [0.5, 0.6) is 0 Å². The number of ether oxygens (including phenoxy) is 1. The van der Waals surface area contributed by atoms with Crippen LogP contribution in [0.1, 0.15) is 34.1 Å². The molecule has 24 heavy (non-hydrogen) atoms. The molecular weight excluding hydrogens is 326 g/mol. The lowest BCUT2D eigenvalue weighted by Gasteiger charge is -2.26. The highest BCUT2D eigenvalue weighted by Gasteiger charge is 2.45. The summed E-state index contributed by atoms with van der Waals surface area (Å²) in [6.45, 7) is 6.97. The van der Waals surface area contributed by atoms with E-state index in [1.165, 1.54) is 0 Å². The van der Waals surface area contributed by atoms with Gasteiger partial charge in [0.2, 0.25) is 0 Å². The average Bonchev–Trinajstić information content (AvgIpc) is 2.59. The lowest BCUT2D eigenvalue weighted by molar-refractivity contribution is -0.123. The Balaban J connectivity index is -0.000000661. The lowest BCUT2D eigenvalue weighted by atomic mass is 9.96. The number of carboxylic acid groups (broad SMARTS) is 2. The predicted molar refractivity (Wildman–Crippen MR) is 84.6 cm³/mol. The van der Waals surface area contributed by atoms with Crippen molar-refractivity contribution in [2.24, 2.45) is 0 Å². The van der Waals surface area contributed by atoms with Gasteiger partial charge in [-0.1, -0.05) is 6.92 Å². The molecule has 0 saturated carbocycles. The van der Waals surface area contributed by atoms with Crippen LogP contribution in [0.2, 0.25) is 0 Å². The fourth-order valence-electron chi connectivity index (χ4n) is 1.56. The minimum atomic E-state index is -1.83. The summed E-state index contributed by atoms with van der Waals surface area (Å²) >= 11 is 0. The monoisotopic (exact) mass is 353 g/mol. The molecule has 1 aliphatic rings. The maximum Gasteiger partial charge on any atom is 0.503 e. The Bertz CT molecular complexity index is 459. The second-order valence-corrected chi connectivity index (χ2v) is 5.48. The van der Waals surface area contributed by atoms with Gasteiger partial charge in [-0.3, -0.25) is 10.1 Å². The Morgan fingerprint density at radius 1 is 1.21 bits per heavy atom. The number of alkyl carbamates (subject to hydrolysis) is 1. The molecule has 0 aromatic rings. The predicted octanol–water partition coefficient (Wildman–Crippen LogP) is 1.05. The van der Waals surface area contributed by atoms with Crippen LogP contribution in [-0.4, -0.2) is 52.1 Å². The van der Waals surface area contributed by atoms with Gasteiger partial charge in [0.25, 0.3) is 5.91 Å². The summed E-state index contributed by atoms with van der Waals surface area (Å²) in [5.74, 6) is -0.439. The maximum atomic E-state index is 11.6. The van der Waals surface area contributed by atoms with Gasteiger partial charge >= 0.3 is 18.3 Å². The van der Waals surface area contributed by atoms with Crippen LogP contribution in [0.25, 0.3) is 0 Å². The quantitative estimate of drug-likeness (QED) is 0.359. The van der Waals surface area contributed by atoms with Crippen LogP contribution < -0.4 is 28.3 Å². The van der Waals surface area contributed by atoms with Crippen molar-refractivity contribution >= 4 is 24.2 Å². The SMILES string of the molecule is CC[C@]1(CNC(=O)OC(C)(C)C)NC(=O)NC1=O.N.N.O=C(O)O. The van der Waals surface area contributed by atoms with E-state index in [0.717, 1.165) is 0 Å². The summed E-state index contributed by atoms with van der Waals surface area (Å²) in [7, 11) is 0. The molecule has 0 bridgehead atoms. The largest absolute Gasteiger partial charge is 0.503 e. The van der Waals surface area contributed by atoms with Gasteiger partial charge in [-0.15, -0.1) is 0 Å². The van der Waals surface area contributed by atoms with Crippen molar-refractivity contribution in [1.29, 1.82) is 0 Å². The van der Waals surface area contributed by atoms with Crippen molar-refractivity contribution in [3.63, 3.8) is 0 Å². The summed E-state index contributed by atoms with van der Waals surface area (Å²) < 4.78 is 5.05. The minimum Gasteiger partial charge on any atom is -0.450 e. The van der Waals surface area contributed by atoms with E-state index in [0.29, 0.717) is 6.42 Å². The van der Waals surface area contributed by atoms with Crippen LogP contribution in [0.4, 0.5) is 14.4 Å². The van der Waals surface area contributed by atoms with Crippen LogP contribution in [0.15, 0.2) is 0 Å². The number of urea groups is 1. The number of imide groups is 1. The van der Waals surface area contributed by atoms with Crippen molar-refractivity contribution in [3.05, 3.63) is 0 Å². The van der Waals surface area contributed by atoms with Crippen molar-refractivity contribution in [1.82, 2.24) is 28.3 Å². The third-order valence-corrected chi connectivity index (χ3v) is 2.55. The highest BCUT2D eigenvalue weighted by atomic mass is 16.6. The first kappa shape index (κ1) is 26.3. The van der Waals surface area contributed by atoms with Gasteiger partial charge in [0.15, 0.2) is 0 Å². The summed E-state index contributed by atoms with van der Waals surface area (Å²) in [5.41, 5.74) is -1.70. The first-order valence-corrected chi connectivity index (χ1v) is 6.44. The highest BCUT2D eigenvalue weighted by molar-refractivity contribution is 6.07. The van der Waals surface area contributed by atoms with Gasteiger partial charge in [0, 0.05) is 0 Å². The van der Waals surface area contributed by atoms with E-state index in [1.54, 1.807) is 27.7 Å². The summed E-state index contributed by atoms with van der Waals surface area (Å²) in [6.07, 6.45) is -2.08. The molecule has 0 unspecified atom stereocenters. The van der Waals surface area contributed by atoms with Crippen LogP contribution >= 0.6 is 0 Å². The second kappa shape index (κ2) is 10.2. The number of carbonyl (C=O) groups is 4.